The Labute approximate surface area is 93.4 Å². The summed E-state index contributed by atoms with van der Waals surface area (Å²) in [7, 11) is 1.31. The molecule has 1 fully saturated rings. The molecule has 3 nitrogen and oxygen atoms in total. The molecule has 0 aromatic rings. The maximum Gasteiger partial charge on any atom is 0.292 e. The molecule has 1 atom stereocenters. The topological polar surface area (TPSA) is 52.3 Å². The van der Waals surface area contributed by atoms with Crippen LogP contribution in [-0.2, 0) is 9.53 Å². The van der Waals surface area contributed by atoms with Gasteiger partial charge in [0.1, 0.15) is 0 Å². The van der Waals surface area contributed by atoms with Crippen molar-refractivity contribution in [2.24, 2.45) is 11.7 Å². The van der Waals surface area contributed by atoms with Gasteiger partial charge in [-0.1, -0.05) is 38.5 Å². The van der Waals surface area contributed by atoms with Crippen LogP contribution in [0.4, 0.5) is 0 Å². The minimum Gasteiger partial charge on any atom is -0.471 e. The van der Waals surface area contributed by atoms with Gasteiger partial charge in [-0.05, 0) is 19.3 Å². The second-order valence-electron chi connectivity index (χ2n) is 4.40. The summed E-state index contributed by atoms with van der Waals surface area (Å²) >= 11 is 0. The van der Waals surface area contributed by atoms with Gasteiger partial charge in [-0.2, -0.15) is 0 Å². The molecular formula is C12H25NO2. The van der Waals surface area contributed by atoms with Crippen LogP contribution >= 0.6 is 0 Å². The van der Waals surface area contributed by atoms with E-state index in [2.05, 4.69) is 11.7 Å². The molecule has 0 aliphatic heterocycles. The van der Waals surface area contributed by atoms with Crippen molar-refractivity contribution in [3.63, 3.8) is 0 Å². The minimum atomic E-state index is 0.375. The zero-order valence-electron chi connectivity index (χ0n) is 10.1. The van der Waals surface area contributed by atoms with E-state index in [0.717, 1.165) is 5.92 Å². The van der Waals surface area contributed by atoms with Gasteiger partial charge in [0.25, 0.3) is 6.47 Å². The Morgan fingerprint density at radius 2 is 1.80 bits per heavy atom. The van der Waals surface area contributed by atoms with E-state index >= 15 is 0 Å². The number of nitrogens with two attached hydrogens (primary N) is 1. The van der Waals surface area contributed by atoms with Crippen molar-refractivity contribution < 1.29 is 9.53 Å². The number of ether oxygens (including phenoxy) is 1. The van der Waals surface area contributed by atoms with Crippen molar-refractivity contribution in [1.82, 2.24) is 0 Å². The number of hydrogen-bond acceptors (Lipinski definition) is 3. The first-order chi connectivity index (χ1) is 7.20. The van der Waals surface area contributed by atoms with Gasteiger partial charge < -0.3 is 10.5 Å². The molecular weight excluding hydrogens is 190 g/mol. The van der Waals surface area contributed by atoms with Crippen LogP contribution in [0.1, 0.15) is 51.9 Å². The van der Waals surface area contributed by atoms with E-state index in [1.807, 2.05) is 0 Å². The first kappa shape index (κ1) is 14.4. The number of carbonyl (C=O) groups is 1. The van der Waals surface area contributed by atoms with E-state index in [4.69, 9.17) is 10.5 Å². The second kappa shape index (κ2) is 9.97. The SMILES string of the molecule is CC(N)CC1CCCCCC1.COC=O. The monoisotopic (exact) mass is 215 g/mol. The molecule has 1 unspecified atom stereocenters. The highest BCUT2D eigenvalue weighted by atomic mass is 16.5. The van der Waals surface area contributed by atoms with E-state index in [-0.39, 0.29) is 0 Å². The van der Waals surface area contributed by atoms with Crippen LogP contribution in [-0.4, -0.2) is 19.6 Å². The maximum atomic E-state index is 8.95. The molecule has 0 saturated heterocycles. The third-order valence-corrected chi connectivity index (χ3v) is 2.78. The highest BCUT2D eigenvalue weighted by molar-refractivity contribution is 5.36. The normalized spacial score (nSPS) is 19.4. The fourth-order valence-electron chi connectivity index (χ4n) is 2.13. The molecule has 3 heteroatoms. The van der Waals surface area contributed by atoms with Crippen LogP contribution in [0.2, 0.25) is 0 Å². The molecule has 1 rings (SSSR count). The lowest BCUT2D eigenvalue weighted by atomic mass is 9.94. The third kappa shape index (κ3) is 9.73. The summed E-state index contributed by atoms with van der Waals surface area (Å²) in [5, 5.41) is 0. The Morgan fingerprint density at radius 1 is 1.33 bits per heavy atom. The zero-order valence-corrected chi connectivity index (χ0v) is 10.1. The van der Waals surface area contributed by atoms with Crippen molar-refractivity contribution in [1.29, 1.82) is 0 Å². The average Bonchev–Trinajstić information content (AvgIpc) is 2.46. The van der Waals surface area contributed by atoms with Crippen LogP contribution in [0.25, 0.3) is 0 Å². The summed E-state index contributed by atoms with van der Waals surface area (Å²) in [5.74, 6) is 0.942. The Kier molecular flexibility index (Phi) is 9.59. The van der Waals surface area contributed by atoms with Gasteiger partial charge in [0, 0.05) is 6.04 Å². The van der Waals surface area contributed by atoms with Gasteiger partial charge in [-0.15, -0.1) is 0 Å². The van der Waals surface area contributed by atoms with Crippen molar-refractivity contribution in [3.05, 3.63) is 0 Å². The maximum absolute atomic E-state index is 8.95. The molecule has 0 amide bonds. The number of carbonyl (C=O) groups excluding carboxylic acids is 1. The predicted molar refractivity (Wildman–Crippen MR) is 62.5 cm³/mol. The predicted octanol–water partition coefficient (Wildman–Crippen LogP) is 2.48. The lowest BCUT2D eigenvalue weighted by molar-refractivity contribution is -0.126. The van der Waals surface area contributed by atoms with Crippen LogP contribution in [0.15, 0.2) is 0 Å². The quantitative estimate of drug-likeness (QED) is 0.581. The van der Waals surface area contributed by atoms with Crippen molar-refractivity contribution in [3.8, 4) is 0 Å². The highest BCUT2D eigenvalue weighted by Gasteiger charge is 2.12. The molecule has 0 aromatic heterocycles. The molecule has 1 aliphatic carbocycles. The van der Waals surface area contributed by atoms with Gasteiger partial charge in [-0.3, -0.25) is 4.79 Å². The van der Waals surface area contributed by atoms with E-state index in [9.17, 15) is 0 Å². The molecule has 15 heavy (non-hydrogen) atoms. The largest absolute Gasteiger partial charge is 0.471 e. The van der Waals surface area contributed by atoms with Crippen LogP contribution < -0.4 is 5.73 Å². The first-order valence-electron chi connectivity index (χ1n) is 5.92. The van der Waals surface area contributed by atoms with E-state index in [1.165, 1.54) is 52.1 Å². The summed E-state index contributed by atoms with van der Waals surface area (Å²) in [6.45, 7) is 2.50. The van der Waals surface area contributed by atoms with Gasteiger partial charge in [0.2, 0.25) is 0 Å². The van der Waals surface area contributed by atoms with Gasteiger partial charge in [0.05, 0.1) is 7.11 Å². The summed E-state index contributed by atoms with van der Waals surface area (Å²) in [6.07, 6.45) is 9.91. The Balaban J connectivity index is 0.000000423. The van der Waals surface area contributed by atoms with Crippen LogP contribution in [0.3, 0.4) is 0 Å². The van der Waals surface area contributed by atoms with E-state index < -0.39 is 0 Å². The summed E-state index contributed by atoms with van der Waals surface area (Å²) < 4.78 is 3.86. The van der Waals surface area contributed by atoms with Crippen molar-refractivity contribution in [2.75, 3.05) is 7.11 Å². The smallest absolute Gasteiger partial charge is 0.292 e. The first-order valence-corrected chi connectivity index (χ1v) is 5.92. The zero-order chi connectivity index (χ0) is 11.5. The molecule has 2 N–H and O–H groups in total. The average molecular weight is 215 g/mol. The van der Waals surface area contributed by atoms with Gasteiger partial charge in [-0.25, -0.2) is 0 Å². The Hall–Kier alpha value is -0.570. The van der Waals surface area contributed by atoms with Gasteiger partial charge >= 0.3 is 0 Å². The standard InChI is InChI=1S/C10H21N.C2H4O2/c1-9(11)8-10-6-4-2-3-5-7-10;1-4-2-3/h9-10H,2-8,11H2,1H3;2H,1H3. The second-order valence-corrected chi connectivity index (χ2v) is 4.40. The van der Waals surface area contributed by atoms with Gasteiger partial charge in [0.15, 0.2) is 0 Å². The van der Waals surface area contributed by atoms with E-state index in [1.54, 1.807) is 0 Å². The summed E-state index contributed by atoms with van der Waals surface area (Å²) in [5.41, 5.74) is 5.77. The third-order valence-electron chi connectivity index (χ3n) is 2.78. The van der Waals surface area contributed by atoms with E-state index in [0.29, 0.717) is 12.5 Å². The number of hydrogen-bond donors (Lipinski definition) is 1. The molecule has 0 heterocycles. The molecule has 1 aliphatic rings. The minimum absolute atomic E-state index is 0.375. The van der Waals surface area contributed by atoms with Crippen LogP contribution in [0.5, 0.6) is 0 Å². The molecule has 0 spiro atoms. The van der Waals surface area contributed by atoms with Crippen molar-refractivity contribution >= 4 is 6.47 Å². The molecule has 0 bridgehead atoms. The highest BCUT2D eigenvalue weighted by Crippen LogP contribution is 2.25. The fourth-order valence-corrected chi connectivity index (χ4v) is 2.13. The summed E-state index contributed by atoms with van der Waals surface area (Å²) in [4.78, 5) is 8.95. The number of methoxy groups -OCH3 is 1. The molecule has 0 aromatic carbocycles. The lowest BCUT2D eigenvalue weighted by Crippen LogP contribution is -2.19. The molecule has 1 saturated carbocycles. The molecule has 90 valence electrons. The Bertz CT molecular complexity index is 141. The Morgan fingerprint density at radius 3 is 2.13 bits per heavy atom. The van der Waals surface area contributed by atoms with Crippen molar-refractivity contribution in [2.45, 2.75) is 57.9 Å². The summed E-state index contributed by atoms with van der Waals surface area (Å²) in [6, 6.07) is 0.415. The number of rotatable bonds is 3. The fraction of sp³-hybridized carbons (Fsp3) is 0.917. The van der Waals surface area contributed by atoms with Crippen LogP contribution in [0, 0.1) is 5.92 Å². The lowest BCUT2D eigenvalue weighted by Gasteiger charge is -2.15. The molecule has 0 radical (unpaired) electrons.